The molecule has 0 aliphatic carbocycles. The molecule has 1 aliphatic heterocycles. The summed E-state index contributed by atoms with van der Waals surface area (Å²) in [5.74, 6) is 0.225. The van der Waals surface area contributed by atoms with Gasteiger partial charge in [-0.2, -0.15) is 10.9 Å². The van der Waals surface area contributed by atoms with Gasteiger partial charge in [0.15, 0.2) is 0 Å². The number of pyridine rings is 1. The average molecular weight is 193 g/mol. The smallest absolute Gasteiger partial charge is 0.133 e. The van der Waals surface area contributed by atoms with Crippen molar-refractivity contribution in [3.05, 3.63) is 40.8 Å². The highest BCUT2D eigenvalue weighted by Crippen LogP contribution is 2.42. The lowest BCUT2D eigenvalue weighted by Gasteiger charge is -2.08. The number of hydrogen-bond donors (Lipinski definition) is 2. The fourth-order valence-corrected chi connectivity index (χ4v) is 2.91. The van der Waals surface area contributed by atoms with Gasteiger partial charge in [0.25, 0.3) is 0 Å². The molecule has 3 heteroatoms. The number of nitrogens with zero attached hydrogens (tertiary/aromatic N) is 1. The zero-order valence-electron chi connectivity index (χ0n) is 7.31. The van der Waals surface area contributed by atoms with Crippen molar-refractivity contribution in [2.45, 2.75) is 11.9 Å². The molecular weight excluding hydrogens is 182 g/mol. The Kier molecular flexibility index (Phi) is 2.10. The van der Waals surface area contributed by atoms with Crippen molar-refractivity contribution in [3.8, 4) is 5.75 Å². The third kappa shape index (κ3) is 1.75. The Morgan fingerprint density at radius 1 is 1.38 bits per heavy atom. The second kappa shape index (κ2) is 3.26. The number of hydrogen-bond acceptors (Lipinski definition) is 2. The van der Waals surface area contributed by atoms with Crippen LogP contribution in [0.5, 0.6) is 5.75 Å². The SMILES string of the molecule is CC1=C[SH](c2ccc(O)cn2)C=C1. The van der Waals surface area contributed by atoms with Crippen LogP contribution in [0.15, 0.2) is 45.8 Å². The summed E-state index contributed by atoms with van der Waals surface area (Å²) in [6, 6.07) is 3.56. The van der Waals surface area contributed by atoms with Crippen LogP contribution < -0.4 is 0 Å². The van der Waals surface area contributed by atoms with Crippen LogP contribution in [0.1, 0.15) is 6.92 Å². The maximum absolute atomic E-state index is 9.06. The van der Waals surface area contributed by atoms with E-state index in [1.807, 2.05) is 6.07 Å². The first-order chi connectivity index (χ1) is 6.25. The summed E-state index contributed by atoms with van der Waals surface area (Å²) < 4.78 is 0. The Balaban J connectivity index is 2.28. The van der Waals surface area contributed by atoms with Gasteiger partial charge in [0.1, 0.15) is 5.75 Å². The second-order valence-electron chi connectivity index (χ2n) is 2.97. The molecule has 0 saturated carbocycles. The minimum absolute atomic E-state index is 0.225. The number of aromatic nitrogens is 1. The largest absolute Gasteiger partial charge is 0.506 e. The zero-order valence-corrected chi connectivity index (χ0v) is 8.20. The molecule has 0 aromatic carbocycles. The van der Waals surface area contributed by atoms with Crippen LogP contribution in [-0.4, -0.2) is 10.1 Å². The molecule has 1 unspecified atom stereocenters. The van der Waals surface area contributed by atoms with E-state index in [1.165, 1.54) is 11.8 Å². The number of rotatable bonds is 1. The van der Waals surface area contributed by atoms with E-state index in [4.69, 9.17) is 5.11 Å². The molecule has 0 fully saturated rings. The molecule has 2 heterocycles. The third-order valence-electron chi connectivity index (χ3n) is 1.84. The molecule has 0 spiro atoms. The Morgan fingerprint density at radius 3 is 2.77 bits per heavy atom. The Hall–Kier alpha value is -1.22. The van der Waals surface area contributed by atoms with Crippen LogP contribution >= 0.6 is 10.9 Å². The van der Waals surface area contributed by atoms with Gasteiger partial charge in [-0.1, -0.05) is 6.08 Å². The summed E-state index contributed by atoms with van der Waals surface area (Å²) >= 11 is 0. The molecule has 13 heavy (non-hydrogen) atoms. The number of aromatic hydroxyl groups is 1. The number of allylic oxidation sites excluding steroid dienone is 2. The fraction of sp³-hybridized carbons (Fsp3) is 0.100. The number of thiol groups is 1. The fourth-order valence-electron chi connectivity index (χ4n) is 1.18. The van der Waals surface area contributed by atoms with Crippen molar-refractivity contribution in [1.82, 2.24) is 4.98 Å². The van der Waals surface area contributed by atoms with Gasteiger partial charge in [-0.15, -0.1) is 0 Å². The molecule has 1 N–H and O–H groups in total. The first-order valence-corrected chi connectivity index (χ1v) is 5.54. The highest BCUT2D eigenvalue weighted by atomic mass is 32.2. The van der Waals surface area contributed by atoms with E-state index in [9.17, 15) is 0 Å². The van der Waals surface area contributed by atoms with Crippen molar-refractivity contribution in [3.63, 3.8) is 0 Å². The first kappa shape index (κ1) is 8.38. The molecule has 1 aromatic rings. The standard InChI is InChI=1S/C10H11NOS/c1-8-4-5-13(7-8)10-3-2-9(12)6-11-10/h2-7,12-13H,1H3. The summed E-state index contributed by atoms with van der Waals surface area (Å²) in [7, 11) is -0.357. The first-order valence-electron chi connectivity index (χ1n) is 4.06. The van der Waals surface area contributed by atoms with Crippen molar-refractivity contribution in [2.75, 3.05) is 0 Å². The average Bonchev–Trinajstić information content (AvgIpc) is 2.53. The molecule has 0 bridgehead atoms. The predicted octanol–water partition coefficient (Wildman–Crippen LogP) is 2.58. The molecule has 2 nitrogen and oxygen atoms in total. The molecule has 0 saturated heterocycles. The molecule has 0 radical (unpaired) electrons. The molecule has 0 amide bonds. The van der Waals surface area contributed by atoms with Gasteiger partial charge in [-0.25, -0.2) is 4.98 Å². The molecule has 1 aromatic heterocycles. The summed E-state index contributed by atoms with van der Waals surface area (Å²) in [5.41, 5.74) is 1.29. The van der Waals surface area contributed by atoms with Gasteiger partial charge in [-0.3, -0.25) is 0 Å². The quantitative estimate of drug-likeness (QED) is 0.672. The van der Waals surface area contributed by atoms with E-state index in [0.29, 0.717) is 0 Å². The van der Waals surface area contributed by atoms with E-state index in [2.05, 4.69) is 28.8 Å². The van der Waals surface area contributed by atoms with Crippen LogP contribution in [0.25, 0.3) is 0 Å². The summed E-state index contributed by atoms with van der Waals surface area (Å²) in [6.45, 7) is 2.08. The lowest BCUT2D eigenvalue weighted by Crippen LogP contribution is -1.79. The van der Waals surface area contributed by atoms with E-state index in [0.717, 1.165) is 5.03 Å². The van der Waals surface area contributed by atoms with Gasteiger partial charge in [0.05, 0.1) is 11.2 Å². The van der Waals surface area contributed by atoms with Crippen molar-refractivity contribution in [1.29, 1.82) is 0 Å². The van der Waals surface area contributed by atoms with Crippen LogP contribution in [0.2, 0.25) is 0 Å². The molecule has 1 aliphatic rings. The van der Waals surface area contributed by atoms with Crippen molar-refractivity contribution < 1.29 is 5.11 Å². The Bertz CT molecular complexity index is 367. The van der Waals surface area contributed by atoms with E-state index in [1.54, 1.807) is 6.07 Å². The zero-order chi connectivity index (χ0) is 9.26. The van der Waals surface area contributed by atoms with Gasteiger partial charge in [0.2, 0.25) is 0 Å². The second-order valence-corrected chi connectivity index (χ2v) is 4.80. The van der Waals surface area contributed by atoms with Gasteiger partial charge >= 0.3 is 0 Å². The van der Waals surface area contributed by atoms with Crippen molar-refractivity contribution >= 4 is 10.9 Å². The summed E-state index contributed by atoms with van der Waals surface area (Å²) in [4.78, 5) is 4.18. The van der Waals surface area contributed by atoms with Crippen molar-refractivity contribution in [2.24, 2.45) is 0 Å². The van der Waals surface area contributed by atoms with Gasteiger partial charge in [0, 0.05) is 0 Å². The molecule has 2 rings (SSSR count). The third-order valence-corrected chi connectivity index (χ3v) is 3.79. The summed E-state index contributed by atoms with van der Waals surface area (Å²) in [5, 5.41) is 14.5. The monoisotopic (exact) mass is 193 g/mol. The minimum Gasteiger partial charge on any atom is -0.506 e. The van der Waals surface area contributed by atoms with Crippen LogP contribution in [0.4, 0.5) is 0 Å². The Labute approximate surface area is 80.0 Å². The topological polar surface area (TPSA) is 33.1 Å². The van der Waals surface area contributed by atoms with Crippen LogP contribution in [-0.2, 0) is 0 Å². The van der Waals surface area contributed by atoms with E-state index >= 15 is 0 Å². The van der Waals surface area contributed by atoms with Gasteiger partial charge in [-0.05, 0) is 35.4 Å². The molecule has 1 atom stereocenters. The van der Waals surface area contributed by atoms with Crippen LogP contribution in [0.3, 0.4) is 0 Å². The lowest BCUT2D eigenvalue weighted by atomic mass is 10.4. The minimum atomic E-state index is -0.357. The van der Waals surface area contributed by atoms with E-state index in [-0.39, 0.29) is 16.6 Å². The lowest BCUT2D eigenvalue weighted by molar-refractivity contribution is 0.471. The van der Waals surface area contributed by atoms with Crippen LogP contribution in [0, 0.1) is 0 Å². The van der Waals surface area contributed by atoms with E-state index < -0.39 is 0 Å². The normalized spacial score (nSPS) is 23.2. The highest BCUT2D eigenvalue weighted by molar-refractivity contribution is 8.22. The maximum atomic E-state index is 9.06. The predicted molar refractivity (Wildman–Crippen MR) is 56.1 cm³/mol. The maximum Gasteiger partial charge on any atom is 0.133 e. The summed E-state index contributed by atoms with van der Waals surface area (Å²) in [6.07, 6.45) is 3.60. The molecular formula is C10H11NOS. The highest BCUT2D eigenvalue weighted by Gasteiger charge is 2.06. The Morgan fingerprint density at radius 2 is 2.23 bits per heavy atom. The van der Waals surface area contributed by atoms with Gasteiger partial charge < -0.3 is 5.11 Å². The molecule has 68 valence electrons.